The minimum atomic E-state index is -1.64. The topological polar surface area (TPSA) is 326 Å². The summed E-state index contributed by atoms with van der Waals surface area (Å²) in [6.45, 7) is 19.8. The lowest BCUT2D eigenvalue weighted by Gasteiger charge is -2.23. The Balaban J connectivity index is 0.000000666. The Morgan fingerprint density at radius 3 is 1.31 bits per heavy atom. The molecule has 3 aromatic carbocycles. The zero-order valence-corrected chi connectivity index (χ0v) is 52.5. The van der Waals surface area contributed by atoms with Crippen molar-refractivity contribution < 1.29 is 94.3 Å². The third kappa shape index (κ3) is 23.5. The number of aromatic amines is 1. The summed E-state index contributed by atoms with van der Waals surface area (Å²) in [5.74, 6) is -10.00. The van der Waals surface area contributed by atoms with Crippen molar-refractivity contribution in [2.75, 3.05) is 37.1 Å². The van der Waals surface area contributed by atoms with E-state index < -0.39 is 111 Å². The van der Waals surface area contributed by atoms with Crippen molar-refractivity contribution in [1.82, 2.24) is 14.9 Å². The number of nitrogens with zero attached hydrogens (tertiary/aromatic N) is 1. The lowest BCUT2D eigenvalue weighted by molar-refractivity contribution is -0.162. The number of ketones is 1. The van der Waals surface area contributed by atoms with Crippen molar-refractivity contribution >= 4 is 106 Å². The zero-order valence-electron chi connectivity index (χ0n) is 50.2. The SMILES string of the molecule is C.CCOC(=O)C(C)(C)OC(=O)c1cc(-n2c(=O)cc(CC)[nH]c2=O)c(F)cc1Cl.CCOC(=O)C(C)(C)OC(=O)c1cc(NC(=O)CC(=O)CC)c(F)cc1Cl.CCOC(=O)N/C(=C\C(=O)Nc1cc(C(=O)OC(C)(C)C(=O)OCC)c(Cl)cc1F)CC. The third-order valence-corrected chi connectivity index (χ3v) is 12.2. The monoisotopic (exact) mass is 1320 g/mol. The normalized spacial score (nSPS) is 11.1. The van der Waals surface area contributed by atoms with Gasteiger partial charge in [-0.15, -0.1) is 0 Å². The fourth-order valence-corrected chi connectivity index (χ4v) is 7.36. The van der Waals surface area contributed by atoms with E-state index in [4.69, 9.17) is 68.0 Å². The van der Waals surface area contributed by atoms with E-state index >= 15 is 0 Å². The van der Waals surface area contributed by atoms with Gasteiger partial charge in [0.25, 0.3) is 5.56 Å². The van der Waals surface area contributed by atoms with Crippen LogP contribution in [-0.4, -0.2) is 112 Å². The van der Waals surface area contributed by atoms with Crippen LogP contribution in [0.1, 0.15) is 153 Å². The quantitative estimate of drug-likeness (QED) is 0.0232. The van der Waals surface area contributed by atoms with E-state index in [0.29, 0.717) is 16.7 Å². The second-order valence-corrected chi connectivity index (χ2v) is 20.6. The van der Waals surface area contributed by atoms with Crippen molar-refractivity contribution in [1.29, 1.82) is 0 Å². The Bertz CT molecular complexity index is 3420. The molecular formula is C59H71Cl3F3N5O19. The average molecular weight is 1320 g/mol. The van der Waals surface area contributed by atoms with E-state index in [1.807, 2.05) is 0 Å². The number of Topliss-reactive ketones (excluding diaryl/α,β-unsaturated/α-hetero) is 1. The Kier molecular flexibility index (Phi) is 31.2. The Morgan fingerprint density at radius 1 is 0.551 bits per heavy atom. The molecule has 89 heavy (non-hydrogen) atoms. The maximum absolute atomic E-state index is 14.5. The van der Waals surface area contributed by atoms with Gasteiger partial charge in [-0.05, 0) is 118 Å². The van der Waals surface area contributed by atoms with Crippen LogP contribution in [0, 0.1) is 17.5 Å². The number of ether oxygens (including phenoxy) is 7. The largest absolute Gasteiger partial charge is 0.463 e. The van der Waals surface area contributed by atoms with Gasteiger partial charge in [-0.3, -0.25) is 24.5 Å². The summed E-state index contributed by atoms with van der Waals surface area (Å²) in [6, 6.07) is 6.47. The first kappa shape index (κ1) is 78.5. The van der Waals surface area contributed by atoms with Crippen LogP contribution in [-0.2, 0) is 68.3 Å². The fourth-order valence-electron chi connectivity index (χ4n) is 6.68. The van der Waals surface area contributed by atoms with Crippen LogP contribution in [0.2, 0.25) is 15.1 Å². The molecule has 4 aromatic rings. The van der Waals surface area contributed by atoms with Crippen LogP contribution < -0.4 is 27.2 Å². The molecule has 4 N–H and O–H groups in total. The number of esters is 6. The summed E-state index contributed by atoms with van der Waals surface area (Å²) in [7, 11) is 0. The molecule has 1 aromatic heterocycles. The minimum Gasteiger partial charge on any atom is -0.463 e. The molecule has 0 saturated carbocycles. The molecule has 0 unspecified atom stereocenters. The van der Waals surface area contributed by atoms with E-state index in [2.05, 4.69) is 20.9 Å². The number of amides is 3. The number of halogens is 6. The molecule has 0 aliphatic heterocycles. The number of aryl methyl sites for hydroxylation is 1. The summed E-state index contributed by atoms with van der Waals surface area (Å²) in [5, 5.41) is 6.01. The van der Waals surface area contributed by atoms with Crippen LogP contribution in [0.4, 0.5) is 29.3 Å². The maximum atomic E-state index is 14.5. The van der Waals surface area contributed by atoms with E-state index in [1.54, 1.807) is 48.5 Å². The number of carbonyl (C=O) groups is 10. The van der Waals surface area contributed by atoms with Crippen LogP contribution in [0.3, 0.4) is 0 Å². The highest BCUT2D eigenvalue weighted by Gasteiger charge is 2.37. The van der Waals surface area contributed by atoms with Gasteiger partial charge in [0.05, 0.1) is 81.7 Å². The molecule has 0 spiro atoms. The van der Waals surface area contributed by atoms with Crippen LogP contribution in [0.5, 0.6) is 0 Å². The Morgan fingerprint density at radius 2 is 0.944 bits per heavy atom. The van der Waals surface area contributed by atoms with Crippen molar-refractivity contribution in [2.45, 2.75) is 140 Å². The number of anilines is 2. The highest BCUT2D eigenvalue weighted by atomic mass is 35.5. The predicted molar refractivity (Wildman–Crippen MR) is 321 cm³/mol. The van der Waals surface area contributed by atoms with Crippen LogP contribution >= 0.6 is 34.8 Å². The number of hydrogen-bond donors (Lipinski definition) is 4. The first-order valence-corrected chi connectivity index (χ1v) is 27.9. The molecule has 0 radical (unpaired) electrons. The molecule has 4 rings (SSSR count). The molecule has 3 amide bonds. The van der Waals surface area contributed by atoms with Crippen LogP contribution in [0.25, 0.3) is 5.69 Å². The standard InChI is InChI=1S/C21H26ClFN2O7.C19H20ClFN2O6.C18H21ClFNO6.CH4/c1-6-12(24-20(29)31-8-3)9-17(26)25-16-10-13(14(22)11-15(16)23)18(27)32-21(4,5)19(28)30-7-2;1-5-10-7-15(24)23(18(27)22-10)14-8-11(12(20)9-13(14)21)16(25)29-19(3,4)17(26)28-6-2;1-5-10(22)7-15(23)21-14-8-11(12(19)9-13(14)20)16(24)27-18(3,4)17(25)26-6-2;/h9-11H,6-8H2,1-5H3,(H,24,29)(H,25,26);7-9H,5-6H2,1-4H3,(H,22,27);8-9H,5-7H2,1-4H3,(H,21,23);1H4/b12-9-;;;. The van der Waals surface area contributed by atoms with Crippen LogP contribution in [0.15, 0.2) is 63.8 Å². The third-order valence-electron chi connectivity index (χ3n) is 11.3. The number of carbonyl (C=O) groups excluding carboxylic acids is 10. The summed E-state index contributed by atoms with van der Waals surface area (Å²) < 4.78 is 78.0. The van der Waals surface area contributed by atoms with Crippen molar-refractivity contribution in [3.63, 3.8) is 0 Å². The molecule has 0 atom stereocenters. The second-order valence-electron chi connectivity index (χ2n) is 19.4. The number of alkyl carbamates (subject to hydrolysis) is 1. The molecular weight excluding hydrogens is 1250 g/mol. The van der Waals surface area contributed by atoms with Gasteiger partial charge in [-0.2, -0.15) is 0 Å². The van der Waals surface area contributed by atoms with E-state index in [0.717, 1.165) is 48.5 Å². The number of H-pyrrole nitrogens is 1. The molecule has 30 heteroatoms. The molecule has 0 saturated heterocycles. The van der Waals surface area contributed by atoms with Crippen molar-refractivity contribution in [3.8, 4) is 5.69 Å². The lowest BCUT2D eigenvalue weighted by Crippen LogP contribution is -2.39. The molecule has 1 heterocycles. The summed E-state index contributed by atoms with van der Waals surface area (Å²) >= 11 is 17.8. The highest BCUT2D eigenvalue weighted by Crippen LogP contribution is 2.30. The Hall–Kier alpha value is -8.56. The first-order valence-electron chi connectivity index (χ1n) is 26.8. The van der Waals surface area contributed by atoms with Crippen molar-refractivity contribution in [2.24, 2.45) is 0 Å². The molecule has 0 fully saturated rings. The number of benzene rings is 3. The molecule has 0 aliphatic carbocycles. The summed E-state index contributed by atoms with van der Waals surface area (Å²) in [4.78, 5) is 147. The fraction of sp³-hybridized carbons (Fsp3) is 0.424. The summed E-state index contributed by atoms with van der Waals surface area (Å²) in [5.41, 5.74) is -7.94. The smallest absolute Gasteiger partial charge is 0.411 e. The van der Waals surface area contributed by atoms with Gasteiger partial charge in [0.15, 0.2) is 0 Å². The number of allylic oxidation sites excluding steroid dienone is 1. The van der Waals surface area contributed by atoms with E-state index in [9.17, 15) is 70.7 Å². The van der Waals surface area contributed by atoms with Gasteiger partial charge in [0.1, 0.15) is 23.2 Å². The molecule has 488 valence electrons. The van der Waals surface area contributed by atoms with Gasteiger partial charge < -0.3 is 48.8 Å². The maximum Gasteiger partial charge on any atom is 0.411 e. The predicted octanol–water partition coefficient (Wildman–Crippen LogP) is 10.3. The van der Waals surface area contributed by atoms with Gasteiger partial charge >= 0.3 is 47.6 Å². The molecule has 0 aliphatic rings. The van der Waals surface area contributed by atoms with Gasteiger partial charge in [-0.1, -0.05) is 63.0 Å². The lowest BCUT2D eigenvalue weighted by atomic mass is 10.1. The van der Waals surface area contributed by atoms with E-state index in [1.165, 1.54) is 41.5 Å². The van der Waals surface area contributed by atoms with E-state index in [-0.39, 0.29) is 101 Å². The zero-order chi connectivity index (χ0) is 67.2. The highest BCUT2D eigenvalue weighted by molar-refractivity contribution is 6.34. The number of rotatable bonds is 23. The number of nitrogens with one attached hydrogen (secondary N) is 4. The number of aromatic nitrogens is 2. The van der Waals surface area contributed by atoms with Crippen molar-refractivity contribution in [3.05, 3.63) is 130 Å². The average Bonchev–Trinajstić information content (AvgIpc) is 0.887. The molecule has 24 nitrogen and oxygen atoms in total. The molecule has 0 bridgehead atoms. The number of hydrogen-bond acceptors (Lipinski definition) is 19. The van der Waals surface area contributed by atoms with Gasteiger partial charge in [0, 0.05) is 30.0 Å². The summed E-state index contributed by atoms with van der Waals surface area (Å²) in [6.07, 6.45) is 0.739. The van der Waals surface area contributed by atoms with Gasteiger partial charge in [-0.25, -0.2) is 56.1 Å². The first-order chi connectivity index (χ1) is 41.0. The Labute approximate surface area is 525 Å². The van der Waals surface area contributed by atoms with Gasteiger partial charge in [0.2, 0.25) is 28.6 Å². The second kappa shape index (κ2) is 35.4. The minimum absolute atomic E-state index is 0.